The van der Waals surface area contributed by atoms with Crippen molar-refractivity contribution in [3.63, 3.8) is 0 Å². The number of rotatable bonds is 2. The van der Waals surface area contributed by atoms with Crippen LogP contribution in [0.3, 0.4) is 0 Å². The predicted octanol–water partition coefficient (Wildman–Crippen LogP) is 0.412. The van der Waals surface area contributed by atoms with Gasteiger partial charge in [-0.15, -0.1) is 0 Å². The lowest BCUT2D eigenvalue weighted by Crippen LogP contribution is -2.51. The minimum absolute atomic E-state index is 0.247. The second kappa shape index (κ2) is 6.17. The van der Waals surface area contributed by atoms with Crippen LogP contribution in [0.1, 0.15) is 5.56 Å². The Bertz CT molecular complexity index is 689. The number of morpholine rings is 1. The Kier molecular flexibility index (Phi) is 4.07. The van der Waals surface area contributed by atoms with Gasteiger partial charge in [-0.1, -0.05) is 6.07 Å². The Morgan fingerprint density at radius 3 is 2.35 bits per heavy atom. The molecule has 3 rings (SSSR count). The molecule has 0 unspecified atom stereocenters. The molecule has 0 bridgehead atoms. The molecule has 2 N–H and O–H groups in total. The second-order valence-corrected chi connectivity index (χ2v) is 5.11. The number of anilines is 1. The molecule has 120 valence electrons. The van der Waals surface area contributed by atoms with Crippen LogP contribution in [0.25, 0.3) is 6.08 Å². The Morgan fingerprint density at radius 2 is 1.74 bits per heavy atom. The predicted molar refractivity (Wildman–Crippen MR) is 79.1 cm³/mol. The van der Waals surface area contributed by atoms with E-state index in [1.54, 1.807) is 12.1 Å². The van der Waals surface area contributed by atoms with Crippen molar-refractivity contribution in [3.05, 3.63) is 35.2 Å². The first kappa shape index (κ1) is 15.2. The number of halogens is 1. The van der Waals surface area contributed by atoms with Crippen LogP contribution >= 0.6 is 0 Å². The molecule has 2 heterocycles. The molecule has 4 amide bonds. The van der Waals surface area contributed by atoms with Crippen molar-refractivity contribution < 1.29 is 23.5 Å². The number of imide groups is 2. The molecule has 23 heavy (non-hydrogen) atoms. The van der Waals surface area contributed by atoms with Gasteiger partial charge in [-0.05, 0) is 23.8 Å². The van der Waals surface area contributed by atoms with Gasteiger partial charge in [0.1, 0.15) is 11.4 Å². The van der Waals surface area contributed by atoms with Crippen LogP contribution in [-0.2, 0) is 14.3 Å². The maximum atomic E-state index is 14.3. The van der Waals surface area contributed by atoms with Crippen LogP contribution in [0.5, 0.6) is 0 Å². The van der Waals surface area contributed by atoms with E-state index in [4.69, 9.17) is 4.74 Å². The molecule has 2 aliphatic heterocycles. The van der Waals surface area contributed by atoms with E-state index in [1.807, 2.05) is 15.5 Å². The second-order valence-electron chi connectivity index (χ2n) is 5.11. The third kappa shape index (κ3) is 3.21. The molecule has 0 radical (unpaired) electrons. The number of amides is 4. The van der Waals surface area contributed by atoms with E-state index in [2.05, 4.69) is 0 Å². The minimum Gasteiger partial charge on any atom is -0.378 e. The maximum Gasteiger partial charge on any atom is 0.328 e. The number of carbonyl (C=O) groups is 3. The fourth-order valence-corrected chi connectivity index (χ4v) is 2.45. The standard InChI is InChI=1S/C15H14FN3O4/c16-11-8-9(1-2-12(11)19-3-5-23-6-4-19)7-10-13(20)17-15(22)18-14(10)21/h1-2,7-8H,3-6H2,(H2,17,18,20,21,22). The summed E-state index contributed by atoms with van der Waals surface area (Å²) in [5, 5.41) is 3.93. The first-order chi connectivity index (χ1) is 11.0. The van der Waals surface area contributed by atoms with Gasteiger partial charge in [-0.3, -0.25) is 20.2 Å². The molecule has 1 aromatic rings. The van der Waals surface area contributed by atoms with E-state index in [0.29, 0.717) is 37.6 Å². The van der Waals surface area contributed by atoms with Crippen molar-refractivity contribution in [2.24, 2.45) is 0 Å². The van der Waals surface area contributed by atoms with Crippen molar-refractivity contribution in [1.82, 2.24) is 10.6 Å². The number of urea groups is 1. The molecular formula is C15H14FN3O4. The van der Waals surface area contributed by atoms with E-state index in [9.17, 15) is 18.8 Å². The van der Waals surface area contributed by atoms with Gasteiger partial charge in [-0.2, -0.15) is 0 Å². The van der Waals surface area contributed by atoms with E-state index in [1.165, 1.54) is 12.1 Å². The highest BCUT2D eigenvalue weighted by Gasteiger charge is 2.27. The van der Waals surface area contributed by atoms with Crippen molar-refractivity contribution >= 4 is 29.6 Å². The van der Waals surface area contributed by atoms with E-state index >= 15 is 0 Å². The van der Waals surface area contributed by atoms with Gasteiger partial charge >= 0.3 is 6.03 Å². The molecule has 0 aromatic heterocycles. The molecule has 2 aliphatic rings. The summed E-state index contributed by atoms with van der Waals surface area (Å²) >= 11 is 0. The van der Waals surface area contributed by atoms with Crippen molar-refractivity contribution in [2.45, 2.75) is 0 Å². The molecule has 2 fully saturated rings. The quantitative estimate of drug-likeness (QED) is 0.609. The van der Waals surface area contributed by atoms with Gasteiger partial charge in [0.25, 0.3) is 11.8 Å². The van der Waals surface area contributed by atoms with Gasteiger partial charge in [0, 0.05) is 13.1 Å². The summed E-state index contributed by atoms with van der Waals surface area (Å²) in [4.78, 5) is 36.1. The Labute approximate surface area is 131 Å². The molecule has 0 aliphatic carbocycles. The maximum absolute atomic E-state index is 14.3. The number of hydrogen-bond acceptors (Lipinski definition) is 5. The summed E-state index contributed by atoms with van der Waals surface area (Å²) in [6, 6.07) is 3.58. The highest BCUT2D eigenvalue weighted by molar-refractivity contribution is 6.31. The fourth-order valence-electron chi connectivity index (χ4n) is 2.45. The molecule has 2 saturated heterocycles. The van der Waals surface area contributed by atoms with Crippen molar-refractivity contribution in [1.29, 1.82) is 0 Å². The molecule has 7 nitrogen and oxygen atoms in total. The highest BCUT2D eigenvalue weighted by Crippen LogP contribution is 2.23. The lowest BCUT2D eigenvalue weighted by atomic mass is 10.1. The normalized spacial score (nSPS) is 18.6. The average molecular weight is 319 g/mol. The first-order valence-corrected chi connectivity index (χ1v) is 7.05. The van der Waals surface area contributed by atoms with Gasteiger partial charge < -0.3 is 9.64 Å². The molecule has 0 saturated carbocycles. The van der Waals surface area contributed by atoms with Crippen molar-refractivity contribution in [3.8, 4) is 0 Å². The van der Waals surface area contributed by atoms with E-state index in [0.717, 1.165) is 0 Å². The summed E-state index contributed by atoms with van der Waals surface area (Å²) in [5.74, 6) is -2.07. The van der Waals surface area contributed by atoms with Gasteiger partial charge in [0.15, 0.2) is 0 Å². The Morgan fingerprint density at radius 1 is 1.09 bits per heavy atom. The largest absolute Gasteiger partial charge is 0.378 e. The van der Waals surface area contributed by atoms with Gasteiger partial charge in [-0.25, -0.2) is 9.18 Å². The number of barbiturate groups is 1. The number of hydrogen-bond donors (Lipinski definition) is 2. The van der Waals surface area contributed by atoms with Crippen LogP contribution in [0.2, 0.25) is 0 Å². The lowest BCUT2D eigenvalue weighted by molar-refractivity contribution is -0.123. The zero-order valence-electron chi connectivity index (χ0n) is 12.1. The SMILES string of the molecule is O=C1NC(=O)C(=Cc2ccc(N3CCOCC3)c(F)c2)C(=O)N1. The third-order valence-electron chi connectivity index (χ3n) is 3.58. The zero-order chi connectivity index (χ0) is 16.4. The number of benzene rings is 1. The first-order valence-electron chi connectivity index (χ1n) is 7.05. The summed E-state index contributed by atoms with van der Waals surface area (Å²) in [6.07, 6.45) is 1.24. The lowest BCUT2D eigenvalue weighted by Gasteiger charge is -2.29. The monoisotopic (exact) mass is 319 g/mol. The minimum atomic E-state index is -0.869. The summed E-state index contributed by atoms with van der Waals surface area (Å²) in [7, 11) is 0. The zero-order valence-corrected chi connectivity index (χ0v) is 12.1. The topological polar surface area (TPSA) is 87.7 Å². The summed E-state index contributed by atoms with van der Waals surface area (Å²) in [5.41, 5.74) is 0.556. The van der Waals surface area contributed by atoms with Crippen LogP contribution in [-0.4, -0.2) is 44.1 Å². The molecule has 0 atom stereocenters. The molecular weight excluding hydrogens is 305 g/mol. The number of carbonyl (C=O) groups excluding carboxylic acids is 3. The van der Waals surface area contributed by atoms with Gasteiger partial charge in [0.05, 0.1) is 18.9 Å². The van der Waals surface area contributed by atoms with Gasteiger partial charge in [0.2, 0.25) is 0 Å². The molecule has 1 aromatic carbocycles. The molecule has 8 heteroatoms. The number of nitrogens with one attached hydrogen (secondary N) is 2. The average Bonchev–Trinajstić information content (AvgIpc) is 2.52. The third-order valence-corrected chi connectivity index (χ3v) is 3.58. The van der Waals surface area contributed by atoms with Crippen LogP contribution in [0.15, 0.2) is 23.8 Å². The molecule has 0 spiro atoms. The smallest absolute Gasteiger partial charge is 0.328 e. The fraction of sp³-hybridized carbons (Fsp3) is 0.267. The Balaban J connectivity index is 1.85. The van der Waals surface area contributed by atoms with E-state index < -0.39 is 23.7 Å². The summed E-state index contributed by atoms with van der Waals surface area (Å²) in [6.45, 7) is 2.29. The van der Waals surface area contributed by atoms with E-state index in [-0.39, 0.29) is 5.57 Å². The summed E-state index contributed by atoms with van der Waals surface area (Å²) < 4.78 is 19.5. The van der Waals surface area contributed by atoms with Crippen LogP contribution in [0, 0.1) is 5.82 Å². The van der Waals surface area contributed by atoms with Crippen LogP contribution in [0.4, 0.5) is 14.9 Å². The Hall–Kier alpha value is -2.74. The van der Waals surface area contributed by atoms with Crippen molar-refractivity contribution in [2.75, 3.05) is 31.2 Å². The highest BCUT2D eigenvalue weighted by atomic mass is 19.1. The number of ether oxygens (including phenoxy) is 1. The van der Waals surface area contributed by atoms with Crippen LogP contribution < -0.4 is 15.5 Å². The number of nitrogens with zero attached hydrogens (tertiary/aromatic N) is 1.